The molecule has 0 unspecified atom stereocenters. The van der Waals surface area contributed by atoms with E-state index in [0.717, 1.165) is 6.61 Å². The summed E-state index contributed by atoms with van der Waals surface area (Å²) < 4.78 is 6.48. The van der Waals surface area contributed by atoms with E-state index in [2.05, 4.69) is 31.0 Å². The molecule has 88 valence electrons. The van der Waals surface area contributed by atoms with Crippen LogP contribution in [0.4, 0.5) is 0 Å². The Morgan fingerprint density at radius 2 is 2.07 bits per heavy atom. The summed E-state index contributed by atoms with van der Waals surface area (Å²) in [5.74, 6) is 2.27. The van der Waals surface area contributed by atoms with Crippen LogP contribution in [0.1, 0.15) is 39.0 Å². The van der Waals surface area contributed by atoms with Crippen LogP contribution in [-0.2, 0) is 4.74 Å². The van der Waals surface area contributed by atoms with Crippen LogP contribution in [0.2, 0.25) is 5.82 Å². The normalized spacial score (nSPS) is 12.6. The monoisotopic (exact) mass is 276 g/mol. The van der Waals surface area contributed by atoms with Crippen molar-refractivity contribution in [2.45, 2.75) is 44.9 Å². The van der Waals surface area contributed by atoms with Gasteiger partial charge in [0.1, 0.15) is 0 Å². The average Bonchev–Trinajstić information content (AvgIpc) is 2.26. The second kappa shape index (κ2) is 12.0. The topological polar surface area (TPSA) is 9.23 Å². The Morgan fingerprint density at radius 1 is 1.27 bits per heavy atom. The van der Waals surface area contributed by atoms with Gasteiger partial charge in [-0.25, -0.2) is 0 Å². The van der Waals surface area contributed by atoms with Gasteiger partial charge in [0.15, 0.2) is 0 Å². The minimum absolute atomic E-state index is 0.606. The third-order valence-electron chi connectivity index (χ3n) is 2.18. The van der Waals surface area contributed by atoms with Gasteiger partial charge in [-0.15, -0.1) is 0 Å². The van der Waals surface area contributed by atoms with Gasteiger partial charge in [-0.3, -0.25) is 0 Å². The Kier molecular flexibility index (Phi) is 12.0. The summed E-state index contributed by atoms with van der Waals surface area (Å²) in [6.07, 6.45) is 13.4. The molecule has 0 atom stereocenters. The Hall–Kier alpha value is -0.0405. The summed E-state index contributed by atoms with van der Waals surface area (Å²) in [6.45, 7) is 2.98. The summed E-state index contributed by atoms with van der Waals surface area (Å²) in [5, 5.41) is 0. The molecule has 0 saturated heterocycles. The molecule has 0 aromatic rings. The molecule has 0 amide bonds. The minimum atomic E-state index is 0.606. The van der Waals surface area contributed by atoms with Crippen LogP contribution >= 0.6 is 0 Å². The zero-order valence-corrected chi connectivity index (χ0v) is 12.0. The first-order valence-electron chi connectivity index (χ1n) is 5.74. The van der Waals surface area contributed by atoms with E-state index in [1.54, 1.807) is 7.11 Å². The predicted molar refractivity (Wildman–Crippen MR) is 69.5 cm³/mol. The molecule has 0 saturated carbocycles. The number of hydrogen-bond acceptors (Lipinski definition) is 1. The summed E-state index contributed by atoms with van der Waals surface area (Å²) in [7, 11) is 1.73. The second-order valence-corrected chi connectivity index (χ2v) is 5.36. The molecule has 0 heterocycles. The molecule has 0 radical (unpaired) electrons. The number of allylic oxidation sites excluding steroid dienone is 3. The summed E-state index contributed by atoms with van der Waals surface area (Å²) in [5.41, 5.74) is 0. The summed E-state index contributed by atoms with van der Waals surface area (Å²) in [4.78, 5) is 0. The van der Waals surface area contributed by atoms with E-state index in [0.29, 0.717) is 15.0 Å². The van der Waals surface area contributed by atoms with Crippen molar-refractivity contribution in [2.24, 2.45) is 0 Å². The Bertz CT molecular complexity index is 185. The van der Waals surface area contributed by atoms with E-state index in [9.17, 15) is 0 Å². The SMILES string of the molecule is CCCCCC/C=C(/C=C/COC)[Se]C. The van der Waals surface area contributed by atoms with Crippen LogP contribution in [0.25, 0.3) is 0 Å². The number of rotatable bonds is 9. The van der Waals surface area contributed by atoms with E-state index >= 15 is 0 Å². The quantitative estimate of drug-likeness (QED) is 0.353. The van der Waals surface area contributed by atoms with Crippen LogP contribution in [-0.4, -0.2) is 28.7 Å². The first kappa shape index (κ1) is 15.0. The van der Waals surface area contributed by atoms with Gasteiger partial charge in [-0.05, 0) is 0 Å². The van der Waals surface area contributed by atoms with Crippen molar-refractivity contribution in [3.8, 4) is 0 Å². The zero-order valence-electron chi connectivity index (χ0n) is 10.3. The van der Waals surface area contributed by atoms with Crippen molar-refractivity contribution in [3.05, 3.63) is 22.7 Å². The molecule has 0 rings (SSSR count). The van der Waals surface area contributed by atoms with Crippen LogP contribution in [0.5, 0.6) is 0 Å². The fourth-order valence-electron chi connectivity index (χ4n) is 1.30. The van der Waals surface area contributed by atoms with Gasteiger partial charge in [0, 0.05) is 0 Å². The van der Waals surface area contributed by atoms with Crippen molar-refractivity contribution in [2.75, 3.05) is 13.7 Å². The number of ether oxygens (including phenoxy) is 1. The van der Waals surface area contributed by atoms with E-state index in [-0.39, 0.29) is 0 Å². The van der Waals surface area contributed by atoms with Gasteiger partial charge in [0.05, 0.1) is 0 Å². The Balaban J connectivity index is 3.69. The van der Waals surface area contributed by atoms with Crippen LogP contribution in [0.3, 0.4) is 0 Å². The fraction of sp³-hybridized carbons (Fsp3) is 0.692. The fourth-order valence-corrected chi connectivity index (χ4v) is 2.38. The molecule has 15 heavy (non-hydrogen) atoms. The maximum absolute atomic E-state index is 4.99. The first-order chi connectivity index (χ1) is 7.35. The van der Waals surface area contributed by atoms with Gasteiger partial charge in [-0.2, -0.15) is 0 Å². The third kappa shape index (κ3) is 10.2. The van der Waals surface area contributed by atoms with Crippen molar-refractivity contribution in [1.82, 2.24) is 0 Å². The molecule has 1 nitrogen and oxygen atoms in total. The van der Waals surface area contributed by atoms with Crippen molar-refractivity contribution >= 4 is 15.0 Å². The van der Waals surface area contributed by atoms with E-state index < -0.39 is 0 Å². The van der Waals surface area contributed by atoms with Crippen LogP contribution < -0.4 is 0 Å². The zero-order chi connectivity index (χ0) is 11.4. The second-order valence-electron chi connectivity index (χ2n) is 3.52. The summed E-state index contributed by atoms with van der Waals surface area (Å²) in [6, 6.07) is 0. The van der Waals surface area contributed by atoms with E-state index in [1.807, 2.05) is 0 Å². The maximum atomic E-state index is 4.99. The molecule has 0 aliphatic carbocycles. The van der Waals surface area contributed by atoms with Gasteiger partial charge < -0.3 is 0 Å². The van der Waals surface area contributed by atoms with Gasteiger partial charge in [-0.1, -0.05) is 0 Å². The first-order valence-corrected chi connectivity index (χ1v) is 8.31. The standard InChI is InChI=1S/C13H24OSe/c1-4-5-6-7-8-10-13(15-3)11-9-12-14-2/h9-11H,4-8,12H2,1-3H3/b11-9+,13-10-. The molecular formula is C13H24OSe. The van der Waals surface area contributed by atoms with Gasteiger partial charge >= 0.3 is 101 Å². The molecule has 0 aromatic carbocycles. The molecule has 0 spiro atoms. The number of hydrogen-bond donors (Lipinski definition) is 0. The molecule has 0 aromatic heterocycles. The molecule has 0 fully saturated rings. The molecule has 0 N–H and O–H groups in total. The molecule has 0 aliphatic rings. The molecule has 2 heteroatoms. The van der Waals surface area contributed by atoms with Gasteiger partial charge in [0.2, 0.25) is 0 Å². The van der Waals surface area contributed by atoms with Crippen molar-refractivity contribution in [1.29, 1.82) is 0 Å². The average molecular weight is 275 g/mol. The Morgan fingerprint density at radius 3 is 2.67 bits per heavy atom. The third-order valence-corrected chi connectivity index (χ3v) is 3.81. The predicted octanol–water partition coefficient (Wildman–Crippen LogP) is 3.80. The Labute approximate surface area is 101 Å². The van der Waals surface area contributed by atoms with Crippen LogP contribution in [0.15, 0.2) is 22.7 Å². The van der Waals surface area contributed by atoms with E-state index in [4.69, 9.17) is 4.74 Å². The molecular weight excluding hydrogens is 251 g/mol. The van der Waals surface area contributed by atoms with Crippen molar-refractivity contribution in [3.63, 3.8) is 0 Å². The van der Waals surface area contributed by atoms with Crippen molar-refractivity contribution < 1.29 is 4.74 Å². The van der Waals surface area contributed by atoms with E-state index in [1.165, 1.54) is 36.6 Å². The molecule has 0 bridgehead atoms. The van der Waals surface area contributed by atoms with Gasteiger partial charge in [0.25, 0.3) is 0 Å². The number of unbranched alkanes of at least 4 members (excludes halogenated alkanes) is 4. The molecule has 0 aliphatic heterocycles. The van der Waals surface area contributed by atoms with Crippen LogP contribution in [0, 0.1) is 0 Å². The number of methoxy groups -OCH3 is 1. The summed E-state index contributed by atoms with van der Waals surface area (Å²) >= 11 is 0.606.